The summed E-state index contributed by atoms with van der Waals surface area (Å²) in [4.78, 5) is 13.0. The van der Waals surface area contributed by atoms with Crippen LogP contribution in [0.2, 0.25) is 0 Å². The molecule has 1 aliphatic rings. The van der Waals surface area contributed by atoms with Gasteiger partial charge in [-0.3, -0.25) is 4.79 Å². The molecule has 1 fully saturated rings. The average Bonchev–Trinajstić information content (AvgIpc) is 3.04. The van der Waals surface area contributed by atoms with Crippen LogP contribution in [0.5, 0.6) is 0 Å². The Morgan fingerprint density at radius 3 is 2.85 bits per heavy atom. The van der Waals surface area contributed by atoms with E-state index in [1.54, 1.807) is 12.1 Å². The molecular weight excluding hydrogens is 296 g/mol. The first kappa shape index (κ1) is 15.5. The summed E-state index contributed by atoms with van der Waals surface area (Å²) in [5.74, 6) is -0.179. The van der Waals surface area contributed by atoms with Gasteiger partial charge in [0.25, 0.3) is 10.0 Å². The molecule has 2 rings (SSSR count). The Kier molecular flexibility index (Phi) is 4.82. The fourth-order valence-corrected chi connectivity index (χ4v) is 5.39. The van der Waals surface area contributed by atoms with Gasteiger partial charge in [0, 0.05) is 18.0 Å². The van der Waals surface area contributed by atoms with Crippen molar-refractivity contribution < 1.29 is 13.2 Å². The SMILES string of the molecule is CCCNC(=O)C1CCCN1S(=O)(=O)c1ccc(C)s1. The molecule has 1 saturated heterocycles. The maximum absolute atomic E-state index is 12.6. The summed E-state index contributed by atoms with van der Waals surface area (Å²) < 4.78 is 26.9. The van der Waals surface area contributed by atoms with Crippen LogP contribution >= 0.6 is 11.3 Å². The molecule has 0 radical (unpaired) electrons. The van der Waals surface area contributed by atoms with Crippen molar-refractivity contribution in [1.82, 2.24) is 9.62 Å². The molecule has 1 aromatic rings. The Hall–Kier alpha value is -0.920. The van der Waals surface area contributed by atoms with Gasteiger partial charge in [-0.15, -0.1) is 11.3 Å². The van der Waals surface area contributed by atoms with Crippen LogP contribution in [0.1, 0.15) is 31.1 Å². The van der Waals surface area contributed by atoms with E-state index < -0.39 is 16.1 Å². The van der Waals surface area contributed by atoms with Gasteiger partial charge in [-0.2, -0.15) is 4.31 Å². The number of hydrogen-bond acceptors (Lipinski definition) is 4. The minimum atomic E-state index is -3.55. The lowest BCUT2D eigenvalue weighted by atomic mass is 10.2. The first-order chi connectivity index (χ1) is 9.46. The van der Waals surface area contributed by atoms with E-state index in [9.17, 15) is 13.2 Å². The van der Waals surface area contributed by atoms with Gasteiger partial charge in [0.2, 0.25) is 5.91 Å². The lowest BCUT2D eigenvalue weighted by molar-refractivity contribution is -0.124. The molecule has 1 unspecified atom stereocenters. The number of nitrogens with one attached hydrogen (secondary N) is 1. The second-order valence-electron chi connectivity index (χ2n) is 4.93. The number of sulfonamides is 1. The van der Waals surface area contributed by atoms with Crippen molar-refractivity contribution in [3.05, 3.63) is 17.0 Å². The third-order valence-electron chi connectivity index (χ3n) is 3.33. The standard InChI is InChI=1S/C13H20N2O3S2/c1-3-8-14-13(16)11-5-4-9-15(11)20(17,18)12-7-6-10(2)19-12/h6-7,11H,3-5,8-9H2,1-2H3,(H,14,16). The van der Waals surface area contributed by atoms with Crippen molar-refractivity contribution in [3.63, 3.8) is 0 Å². The van der Waals surface area contributed by atoms with Crippen molar-refractivity contribution in [2.45, 2.75) is 43.4 Å². The first-order valence-electron chi connectivity index (χ1n) is 6.83. The molecule has 1 amide bonds. The van der Waals surface area contributed by atoms with Crippen LogP contribution in [-0.4, -0.2) is 37.8 Å². The Morgan fingerprint density at radius 1 is 1.50 bits per heavy atom. The summed E-state index contributed by atoms with van der Waals surface area (Å²) in [6.07, 6.45) is 2.17. The molecule has 20 heavy (non-hydrogen) atoms. The topological polar surface area (TPSA) is 66.5 Å². The van der Waals surface area contributed by atoms with Crippen molar-refractivity contribution in [2.75, 3.05) is 13.1 Å². The molecule has 0 aliphatic carbocycles. The molecule has 0 bridgehead atoms. The van der Waals surface area contributed by atoms with Crippen molar-refractivity contribution in [1.29, 1.82) is 0 Å². The zero-order chi connectivity index (χ0) is 14.8. The molecule has 7 heteroatoms. The van der Waals surface area contributed by atoms with Gasteiger partial charge in [0.15, 0.2) is 0 Å². The van der Waals surface area contributed by atoms with E-state index >= 15 is 0 Å². The zero-order valence-electron chi connectivity index (χ0n) is 11.8. The van der Waals surface area contributed by atoms with E-state index in [-0.39, 0.29) is 5.91 Å². The molecule has 1 atom stereocenters. The lowest BCUT2D eigenvalue weighted by Gasteiger charge is -2.22. The van der Waals surface area contributed by atoms with Gasteiger partial charge >= 0.3 is 0 Å². The highest BCUT2D eigenvalue weighted by Crippen LogP contribution is 2.30. The summed E-state index contributed by atoms with van der Waals surface area (Å²) in [6, 6.07) is 2.85. The number of rotatable bonds is 5. The quantitative estimate of drug-likeness (QED) is 0.900. The maximum Gasteiger partial charge on any atom is 0.253 e. The van der Waals surface area contributed by atoms with Crippen molar-refractivity contribution in [3.8, 4) is 0 Å². The number of hydrogen-bond donors (Lipinski definition) is 1. The largest absolute Gasteiger partial charge is 0.355 e. The van der Waals surface area contributed by atoms with Crippen LogP contribution in [0.25, 0.3) is 0 Å². The summed E-state index contributed by atoms with van der Waals surface area (Å²) in [6.45, 7) is 4.85. The summed E-state index contributed by atoms with van der Waals surface area (Å²) in [5.41, 5.74) is 0. The van der Waals surface area contributed by atoms with Gasteiger partial charge in [-0.1, -0.05) is 6.92 Å². The van der Waals surface area contributed by atoms with Crippen LogP contribution in [-0.2, 0) is 14.8 Å². The van der Waals surface area contributed by atoms with Crippen LogP contribution in [0.15, 0.2) is 16.3 Å². The number of carbonyl (C=O) groups excluding carboxylic acids is 1. The number of carbonyl (C=O) groups is 1. The van der Waals surface area contributed by atoms with Crippen LogP contribution in [0.4, 0.5) is 0 Å². The first-order valence-corrected chi connectivity index (χ1v) is 9.08. The van der Waals surface area contributed by atoms with Crippen LogP contribution < -0.4 is 5.32 Å². The van der Waals surface area contributed by atoms with E-state index in [0.29, 0.717) is 23.7 Å². The summed E-state index contributed by atoms with van der Waals surface area (Å²) in [7, 11) is -3.55. The number of thiophene rings is 1. The Bertz CT molecular complexity index is 580. The minimum absolute atomic E-state index is 0.179. The third kappa shape index (κ3) is 3.05. The maximum atomic E-state index is 12.6. The Balaban J connectivity index is 2.20. The molecule has 1 aromatic heterocycles. The smallest absolute Gasteiger partial charge is 0.253 e. The Morgan fingerprint density at radius 2 is 2.25 bits per heavy atom. The molecule has 1 aliphatic heterocycles. The minimum Gasteiger partial charge on any atom is -0.355 e. The van der Waals surface area contributed by atoms with Crippen LogP contribution in [0, 0.1) is 6.92 Å². The van der Waals surface area contributed by atoms with Gasteiger partial charge in [-0.05, 0) is 38.3 Å². The van der Waals surface area contributed by atoms with E-state index in [1.165, 1.54) is 15.6 Å². The van der Waals surface area contributed by atoms with Gasteiger partial charge in [0.05, 0.1) is 0 Å². The second kappa shape index (κ2) is 6.24. The van der Waals surface area contributed by atoms with Gasteiger partial charge in [-0.25, -0.2) is 8.42 Å². The number of amides is 1. The lowest BCUT2D eigenvalue weighted by Crippen LogP contribution is -2.45. The van der Waals surface area contributed by atoms with E-state index in [0.717, 1.165) is 17.7 Å². The summed E-state index contributed by atoms with van der Waals surface area (Å²) in [5, 5.41) is 2.79. The monoisotopic (exact) mass is 316 g/mol. The van der Waals surface area contributed by atoms with E-state index in [4.69, 9.17) is 0 Å². The Labute approximate surface area is 124 Å². The molecule has 5 nitrogen and oxygen atoms in total. The highest BCUT2D eigenvalue weighted by molar-refractivity contribution is 7.91. The fourth-order valence-electron chi connectivity index (χ4n) is 2.32. The molecule has 112 valence electrons. The summed E-state index contributed by atoms with van der Waals surface area (Å²) >= 11 is 1.25. The highest BCUT2D eigenvalue weighted by atomic mass is 32.2. The number of aryl methyl sites for hydroxylation is 1. The van der Waals surface area contributed by atoms with E-state index in [1.807, 2.05) is 13.8 Å². The molecule has 2 heterocycles. The molecule has 0 aromatic carbocycles. The fraction of sp³-hybridized carbons (Fsp3) is 0.615. The predicted octanol–water partition coefficient (Wildman–Crippen LogP) is 1.74. The van der Waals surface area contributed by atoms with Crippen LogP contribution in [0.3, 0.4) is 0 Å². The zero-order valence-corrected chi connectivity index (χ0v) is 13.4. The van der Waals surface area contributed by atoms with Crippen molar-refractivity contribution >= 4 is 27.3 Å². The van der Waals surface area contributed by atoms with Gasteiger partial charge < -0.3 is 5.32 Å². The molecule has 1 N–H and O–H groups in total. The molecule has 0 saturated carbocycles. The second-order valence-corrected chi connectivity index (χ2v) is 8.34. The van der Waals surface area contributed by atoms with Crippen molar-refractivity contribution in [2.24, 2.45) is 0 Å². The molecule has 0 spiro atoms. The highest BCUT2D eigenvalue weighted by Gasteiger charge is 2.39. The predicted molar refractivity (Wildman–Crippen MR) is 79.3 cm³/mol. The number of nitrogens with zero attached hydrogens (tertiary/aromatic N) is 1. The van der Waals surface area contributed by atoms with E-state index in [2.05, 4.69) is 5.32 Å². The molecular formula is C13H20N2O3S2. The third-order valence-corrected chi connectivity index (χ3v) is 6.71. The van der Waals surface area contributed by atoms with Gasteiger partial charge in [0.1, 0.15) is 10.3 Å². The normalized spacial score (nSPS) is 20.2. The average molecular weight is 316 g/mol.